The Morgan fingerprint density at radius 2 is 1.92 bits per heavy atom. The number of nitrogens with two attached hydrogens (primary N) is 1. The lowest BCUT2D eigenvalue weighted by molar-refractivity contribution is 0.665. The van der Waals surface area contributed by atoms with E-state index < -0.39 is 0 Å². The second kappa shape index (κ2) is 4.87. The maximum absolute atomic E-state index is 5.28. The molecule has 0 aromatic heterocycles. The van der Waals surface area contributed by atoms with Crippen molar-refractivity contribution in [1.82, 2.24) is 0 Å². The fraction of sp³-hybridized carbons (Fsp3) is 0.455. The van der Waals surface area contributed by atoms with Gasteiger partial charge in [0.2, 0.25) is 0 Å². The van der Waals surface area contributed by atoms with Gasteiger partial charge in [0.25, 0.3) is 0 Å². The number of hydrogen-bond donors (Lipinski definition) is 2. The van der Waals surface area contributed by atoms with Gasteiger partial charge in [-0.2, -0.15) is 0 Å². The van der Waals surface area contributed by atoms with Gasteiger partial charge in [-0.15, -0.1) is 0 Å². The highest BCUT2D eigenvalue weighted by Crippen LogP contribution is 2.21. The van der Waals surface area contributed by atoms with Crippen molar-refractivity contribution in [2.24, 2.45) is 5.84 Å². The van der Waals surface area contributed by atoms with Crippen molar-refractivity contribution in [2.75, 3.05) is 5.43 Å². The standard InChI is InChI=1S/C11H18N2/c1-3-4-9(2)10-5-7-11(13-12)8-6-10/h5-9,13H,3-4,12H2,1-2H3. The van der Waals surface area contributed by atoms with Gasteiger partial charge >= 0.3 is 0 Å². The highest BCUT2D eigenvalue weighted by atomic mass is 15.2. The van der Waals surface area contributed by atoms with Crippen LogP contribution in [0.1, 0.15) is 38.2 Å². The van der Waals surface area contributed by atoms with Crippen LogP contribution in [0.2, 0.25) is 0 Å². The van der Waals surface area contributed by atoms with Crippen molar-refractivity contribution in [1.29, 1.82) is 0 Å². The molecule has 0 heterocycles. The largest absolute Gasteiger partial charge is 0.324 e. The molecule has 72 valence electrons. The lowest BCUT2D eigenvalue weighted by atomic mass is 9.96. The first-order valence-electron chi connectivity index (χ1n) is 4.84. The molecule has 1 unspecified atom stereocenters. The van der Waals surface area contributed by atoms with E-state index in [1.165, 1.54) is 18.4 Å². The molecule has 0 saturated heterocycles. The molecule has 0 amide bonds. The molecule has 0 saturated carbocycles. The summed E-state index contributed by atoms with van der Waals surface area (Å²) in [6.45, 7) is 4.47. The number of rotatable bonds is 4. The Hall–Kier alpha value is -1.02. The maximum Gasteiger partial charge on any atom is 0.0485 e. The van der Waals surface area contributed by atoms with E-state index in [4.69, 9.17) is 5.84 Å². The van der Waals surface area contributed by atoms with Gasteiger partial charge in [-0.05, 0) is 30.0 Å². The van der Waals surface area contributed by atoms with Crippen LogP contribution >= 0.6 is 0 Å². The second-order valence-electron chi connectivity index (χ2n) is 3.46. The van der Waals surface area contributed by atoms with Crippen LogP contribution in [0.4, 0.5) is 5.69 Å². The Labute approximate surface area is 80.1 Å². The van der Waals surface area contributed by atoms with E-state index in [-0.39, 0.29) is 0 Å². The Morgan fingerprint density at radius 1 is 1.31 bits per heavy atom. The van der Waals surface area contributed by atoms with Gasteiger partial charge < -0.3 is 5.43 Å². The summed E-state index contributed by atoms with van der Waals surface area (Å²) in [6.07, 6.45) is 2.48. The highest BCUT2D eigenvalue weighted by Gasteiger charge is 2.02. The normalized spacial score (nSPS) is 12.5. The number of hydrogen-bond acceptors (Lipinski definition) is 2. The minimum Gasteiger partial charge on any atom is -0.324 e. The van der Waals surface area contributed by atoms with Crippen molar-refractivity contribution >= 4 is 5.69 Å². The van der Waals surface area contributed by atoms with Crippen LogP contribution in [0.3, 0.4) is 0 Å². The zero-order chi connectivity index (χ0) is 9.68. The Kier molecular flexibility index (Phi) is 3.77. The van der Waals surface area contributed by atoms with Crippen molar-refractivity contribution in [3.8, 4) is 0 Å². The summed E-state index contributed by atoms with van der Waals surface area (Å²) in [5, 5.41) is 0. The van der Waals surface area contributed by atoms with Gasteiger partial charge in [-0.25, -0.2) is 0 Å². The molecule has 0 aliphatic carbocycles. The minimum atomic E-state index is 0.650. The van der Waals surface area contributed by atoms with Crippen LogP contribution in [0, 0.1) is 0 Å². The zero-order valence-corrected chi connectivity index (χ0v) is 8.38. The van der Waals surface area contributed by atoms with E-state index in [0.29, 0.717) is 5.92 Å². The molecule has 0 bridgehead atoms. The van der Waals surface area contributed by atoms with Crippen LogP contribution in [0.5, 0.6) is 0 Å². The predicted molar refractivity (Wildman–Crippen MR) is 57.6 cm³/mol. The Bertz CT molecular complexity index is 241. The van der Waals surface area contributed by atoms with Crippen molar-refractivity contribution in [3.63, 3.8) is 0 Å². The van der Waals surface area contributed by atoms with Gasteiger partial charge in [0.05, 0.1) is 0 Å². The quantitative estimate of drug-likeness (QED) is 0.549. The molecule has 1 aromatic rings. The molecule has 0 spiro atoms. The molecule has 2 nitrogen and oxygen atoms in total. The predicted octanol–water partition coefficient (Wildman–Crippen LogP) is 2.88. The van der Waals surface area contributed by atoms with Crippen LogP contribution in [0.15, 0.2) is 24.3 Å². The Balaban J connectivity index is 2.67. The molecule has 0 aliphatic heterocycles. The maximum atomic E-state index is 5.28. The van der Waals surface area contributed by atoms with Gasteiger partial charge in [-0.3, -0.25) is 5.84 Å². The molecular formula is C11H18N2. The third-order valence-electron chi connectivity index (χ3n) is 2.37. The van der Waals surface area contributed by atoms with E-state index in [2.05, 4.69) is 31.4 Å². The fourth-order valence-electron chi connectivity index (χ4n) is 1.51. The third kappa shape index (κ3) is 2.74. The summed E-state index contributed by atoms with van der Waals surface area (Å²) in [5.74, 6) is 5.93. The van der Waals surface area contributed by atoms with Gasteiger partial charge in [0.1, 0.15) is 0 Å². The summed E-state index contributed by atoms with van der Waals surface area (Å²) in [5.41, 5.74) is 4.98. The van der Waals surface area contributed by atoms with Gasteiger partial charge in [0.15, 0.2) is 0 Å². The topological polar surface area (TPSA) is 38.0 Å². The highest BCUT2D eigenvalue weighted by molar-refractivity contribution is 5.43. The average Bonchev–Trinajstić information content (AvgIpc) is 2.18. The first-order valence-corrected chi connectivity index (χ1v) is 4.84. The van der Waals surface area contributed by atoms with E-state index in [9.17, 15) is 0 Å². The SMILES string of the molecule is CCCC(C)c1ccc(NN)cc1. The second-order valence-corrected chi connectivity index (χ2v) is 3.46. The molecule has 3 N–H and O–H groups in total. The molecule has 1 aromatic carbocycles. The van der Waals surface area contributed by atoms with Crippen molar-refractivity contribution in [2.45, 2.75) is 32.6 Å². The summed E-state index contributed by atoms with van der Waals surface area (Å²) >= 11 is 0. The van der Waals surface area contributed by atoms with E-state index in [0.717, 1.165) is 5.69 Å². The lowest BCUT2D eigenvalue weighted by Crippen LogP contribution is -2.06. The molecule has 2 heteroatoms. The summed E-state index contributed by atoms with van der Waals surface area (Å²) in [6, 6.07) is 8.30. The van der Waals surface area contributed by atoms with E-state index in [1.54, 1.807) is 0 Å². The molecule has 0 radical (unpaired) electrons. The number of anilines is 1. The number of nitrogen functional groups attached to an aromatic ring is 1. The Morgan fingerprint density at radius 3 is 2.38 bits per heavy atom. The summed E-state index contributed by atoms with van der Waals surface area (Å²) in [4.78, 5) is 0. The van der Waals surface area contributed by atoms with Gasteiger partial charge in [0, 0.05) is 5.69 Å². The number of hydrazine groups is 1. The molecule has 0 aliphatic rings. The van der Waals surface area contributed by atoms with E-state index in [1.807, 2.05) is 12.1 Å². The molecule has 13 heavy (non-hydrogen) atoms. The van der Waals surface area contributed by atoms with Crippen molar-refractivity contribution < 1.29 is 0 Å². The van der Waals surface area contributed by atoms with Crippen LogP contribution in [0.25, 0.3) is 0 Å². The van der Waals surface area contributed by atoms with Crippen LogP contribution in [-0.2, 0) is 0 Å². The van der Waals surface area contributed by atoms with Crippen LogP contribution < -0.4 is 11.3 Å². The summed E-state index contributed by atoms with van der Waals surface area (Å²) in [7, 11) is 0. The lowest BCUT2D eigenvalue weighted by Gasteiger charge is -2.10. The fourth-order valence-corrected chi connectivity index (χ4v) is 1.51. The monoisotopic (exact) mass is 178 g/mol. The zero-order valence-electron chi connectivity index (χ0n) is 8.38. The van der Waals surface area contributed by atoms with E-state index >= 15 is 0 Å². The average molecular weight is 178 g/mol. The van der Waals surface area contributed by atoms with Crippen molar-refractivity contribution in [3.05, 3.63) is 29.8 Å². The molecular weight excluding hydrogens is 160 g/mol. The molecule has 1 rings (SSSR count). The van der Waals surface area contributed by atoms with Gasteiger partial charge in [-0.1, -0.05) is 32.4 Å². The minimum absolute atomic E-state index is 0.650. The number of benzene rings is 1. The number of nitrogens with one attached hydrogen (secondary N) is 1. The first-order chi connectivity index (χ1) is 6.27. The molecule has 1 atom stereocenters. The van der Waals surface area contributed by atoms with Crippen LogP contribution in [-0.4, -0.2) is 0 Å². The smallest absolute Gasteiger partial charge is 0.0485 e. The molecule has 0 fully saturated rings. The summed E-state index contributed by atoms with van der Waals surface area (Å²) < 4.78 is 0. The third-order valence-corrected chi connectivity index (χ3v) is 2.37. The first kappa shape index (κ1) is 10.1.